The third kappa shape index (κ3) is 2.90. The third-order valence-corrected chi connectivity index (χ3v) is 3.43. The summed E-state index contributed by atoms with van der Waals surface area (Å²) in [6.07, 6.45) is 2.26. The van der Waals surface area contributed by atoms with Crippen molar-refractivity contribution in [3.8, 4) is 0 Å². The van der Waals surface area contributed by atoms with E-state index in [1.165, 1.54) is 6.07 Å². The Balaban J connectivity index is 2.19. The Morgan fingerprint density at radius 2 is 2.06 bits per heavy atom. The van der Waals surface area contributed by atoms with E-state index in [1.807, 2.05) is 24.3 Å². The molecule has 17 heavy (non-hydrogen) atoms. The van der Waals surface area contributed by atoms with Crippen LogP contribution in [0.4, 0.5) is 4.39 Å². The minimum absolute atomic E-state index is 0.228. The minimum Gasteiger partial charge on any atom is -0.322 e. The lowest BCUT2D eigenvalue weighted by Gasteiger charge is -2.12. The number of nitrogens with two attached hydrogens (primary N) is 1. The van der Waals surface area contributed by atoms with Gasteiger partial charge in [0, 0.05) is 6.20 Å². The topological polar surface area (TPSA) is 38.9 Å². The van der Waals surface area contributed by atoms with Gasteiger partial charge in [0.25, 0.3) is 0 Å². The van der Waals surface area contributed by atoms with Crippen molar-refractivity contribution in [2.45, 2.75) is 12.5 Å². The number of hydrogen-bond donors (Lipinski definition) is 1. The van der Waals surface area contributed by atoms with E-state index >= 15 is 0 Å². The molecule has 4 heteroatoms. The lowest BCUT2D eigenvalue weighted by atomic mass is 10.0. The molecule has 1 heterocycles. The zero-order valence-electron chi connectivity index (χ0n) is 9.11. The number of aromatic nitrogens is 1. The maximum Gasteiger partial charge on any atom is 0.137 e. The van der Waals surface area contributed by atoms with Crippen LogP contribution in [0.2, 0.25) is 0 Å². The lowest BCUT2D eigenvalue weighted by Crippen LogP contribution is -2.15. The molecule has 0 aliphatic carbocycles. The van der Waals surface area contributed by atoms with E-state index in [0.29, 0.717) is 10.9 Å². The molecule has 1 aromatic carbocycles. The third-order valence-electron chi connectivity index (χ3n) is 2.54. The van der Waals surface area contributed by atoms with Crippen LogP contribution in [-0.2, 0) is 6.42 Å². The first-order valence-corrected chi connectivity index (χ1v) is 6.07. The summed E-state index contributed by atoms with van der Waals surface area (Å²) < 4.78 is 13.8. The summed E-state index contributed by atoms with van der Waals surface area (Å²) in [6, 6.07) is 10.3. The standard InChI is InChI=1S/C13H12BrFN2/c14-13-9(4-3-5-10(13)15)8-11(16)12-6-1-2-7-17-12/h1-7,11H,8,16H2. The molecule has 0 aliphatic heterocycles. The van der Waals surface area contributed by atoms with Gasteiger partial charge in [-0.2, -0.15) is 0 Å². The van der Waals surface area contributed by atoms with E-state index in [9.17, 15) is 4.39 Å². The van der Waals surface area contributed by atoms with Gasteiger partial charge in [0.1, 0.15) is 5.82 Å². The van der Waals surface area contributed by atoms with E-state index in [1.54, 1.807) is 12.3 Å². The lowest BCUT2D eigenvalue weighted by molar-refractivity contribution is 0.613. The van der Waals surface area contributed by atoms with Crippen molar-refractivity contribution >= 4 is 15.9 Å². The maximum absolute atomic E-state index is 13.3. The first kappa shape index (κ1) is 12.2. The highest BCUT2D eigenvalue weighted by Gasteiger charge is 2.12. The van der Waals surface area contributed by atoms with Gasteiger partial charge in [-0.05, 0) is 46.1 Å². The monoisotopic (exact) mass is 294 g/mol. The number of nitrogens with zero attached hydrogens (tertiary/aromatic N) is 1. The van der Waals surface area contributed by atoms with Gasteiger partial charge >= 0.3 is 0 Å². The van der Waals surface area contributed by atoms with Gasteiger partial charge < -0.3 is 5.73 Å². The quantitative estimate of drug-likeness (QED) is 0.944. The Bertz CT molecular complexity index is 502. The van der Waals surface area contributed by atoms with Crippen LogP contribution >= 0.6 is 15.9 Å². The van der Waals surface area contributed by atoms with Gasteiger partial charge in [-0.1, -0.05) is 18.2 Å². The van der Waals surface area contributed by atoms with Gasteiger partial charge in [-0.15, -0.1) is 0 Å². The first-order valence-electron chi connectivity index (χ1n) is 5.28. The molecule has 1 unspecified atom stereocenters. The van der Waals surface area contributed by atoms with E-state index in [4.69, 9.17) is 5.73 Å². The Morgan fingerprint density at radius 1 is 1.24 bits per heavy atom. The molecule has 0 fully saturated rings. The zero-order chi connectivity index (χ0) is 12.3. The predicted octanol–water partition coefficient (Wildman–Crippen LogP) is 3.23. The molecule has 0 saturated heterocycles. The fourth-order valence-corrected chi connectivity index (χ4v) is 2.07. The largest absolute Gasteiger partial charge is 0.322 e. The van der Waals surface area contributed by atoms with Crippen molar-refractivity contribution in [3.63, 3.8) is 0 Å². The second-order valence-corrected chi connectivity index (χ2v) is 4.57. The molecule has 2 rings (SSSR count). The van der Waals surface area contributed by atoms with Gasteiger partial charge in [-0.25, -0.2) is 4.39 Å². The van der Waals surface area contributed by atoms with Crippen molar-refractivity contribution in [2.24, 2.45) is 5.73 Å². The molecule has 0 spiro atoms. The number of pyridine rings is 1. The maximum atomic E-state index is 13.3. The number of rotatable bonds is 3. The number of benzene rings is 1. The first-order chi connectivity index (χ1) is 8.18. The highest BCUT2D eigenvalue weighted by Crippen LogP contribution is 2.24. The summed E-state index contributed by atoms with van der Waals surface area (Å²) in [6.45, 7) is 0. The van der Waals surface area contributed by atoms with Crippen LogP contribution < -0.4 is 5.73 Å². The Hall–Kier alpha value is -1.26. The highest BCUT2D eigenvalue weighted by atomic mass is 79.9. The molecule has 2 nitrogen and oxygen atoms in total. The second-order valence-electron chi connectivity index (χ2n) is 3.78. The van der Waals surface area contributed by atoms with Crippen LogP contribution in [0.1, 0.15) is 17.3 Å². The summed E-state index contributed by atoms with van der Waals surface area (Å²) in [5.41, 5.74) is 7.70. The van der Waals surface area contributed by atoms with E-state index in [-0.39, 0.29) is 11.9 Å². The Labute approximate surface area is 108 Å². The van der Waals surface area contributed by atoms with Crippen molar-refractivity contribution < 1.29 is 4.39 Å². The molecule has 2 aromatic rings. The van der Waals surface area contributed by atoms with Crippen LogP contribution in [0.3, 0.4) is 0 Å². The average molecular weight is 295 g/mol. The summed E-state index contributed by atoms with van der Waals surface area (Å²) in [4.78, 5) is 4.19. The molecule has 0 saturated carbocycles. The Morgan fingerprint density at radius 3 is 2.76 bits per heavy atom. The second kappa shape index (κ2) is 5.38. The molecule has 88 valence electrons. The fourth-order valence-electron chi connectivity index (χ4n) is 1.64. The van der Waals surface area contributed by atoms with E-state index in [0.717, 1.165) is 11.3 Å². The summed E-state index contributed by atoms with van der Waals surface area (Å²) >= 11 is 3.23. The average Bonchev–Trinajstić information content (AvgIpc) is 2.36. The van der Waals surface area contributed by atoms with Crippen molar-refractivity contribution in [1.29, 1.82) is 0 Å². The van der Waals surface area contributed by atoms with Gasteiger partial charge in [-0.3, -0.25) is 4.98 Å². The molecular formula is C13H12BrFN2. The fraction of sp³-hybridized carbons (Fsp3) is 0.154. The van der Waals surface area contributed by atoms with Crippen molar-refractivity contribution in [2.75, 3.05) is 0 Å². The highest BCUT2D eigenvalue weighted by molar-refractivity contribution is 9.10. The van der Waals surface area contributed by atoms with Crippen LogP contribution in [0.15, 0.2) is 47.1 Å². The molecule has 0 aliphatic rings. The number of halogens is 2. The normalized spacial score (nSPS) is 12.4. The van der Waals surface area contributed by atoms with E-state index in [2.05, 4.69) is 20.9 Å². The SMILES string of the molecule is NC(Cc1cccc(F)c1Br)c1ccccn1. The molecule has 1 atom stereocenters. The minimum atomic E-state index is -0.268. The van der Waals surface area contributed by atoms with Crippen LogP contribution in [0, 0.1) is 5.82 Å². The summed E-state index contributed by atoms with van der Waals surface area (Å²) in [7, 11) is 0. The smallest absolute Gasteiger partial charge is 0.137 e. The van der Waals surface area contributed by atoms with Crippen LogP contribution in [0.25, 0.3) is 0 Å². The molecule has 2 N–H and O–H groups in total. The van der Waals surface area contributed by atoms with Crippen LogP contribution in [0.5, 0.6) is 0 Å². The summed E-state index contributed by atoms with van der Waals surface area (Å²) in [5.74, 6) is -0.268. The van der Waals surface area contributed by atoms with E-state index < -0.39 is 0 Å². The number of hydrogen-bond acceptors (Lipinski definition) is 2. The molecule has 0 radical (unpaired) electrons. The molecule has 0 bridgehead atoms. The van der Waals surface area contributed by atoms with Crippen molar-refractivity contribution in [1.82, 2.24) is 4.98 Å². The van der Waals surface area contributed by atoms with Crippen molar-refractivity contribution in [3.05, 3.63) is 64.1 Å². The van der Waals surface area contributed by atoms with Gasteiger partial charge in [0.05, 0.1) is 16.2 Å². The molecular weight excluding hydrogens is 283 g/mol. The van der Waals surface area contributed by atoms with Gasteiger partial charge in [0.2, 0.25) is 0 Å². The van der Waals surface area contributed by atoms with Crippen LogP contribution in [-0.4, -0.2) is 4.98 Å². The van der Waals surface area contributed by atoms with Gasteiger partial charge in [0.15, 0.2) is 0 Å². The molecule has 0 amide bonds. The predicted molar refractivity (Wildman–Crippen MR) is 69.0 cm³/mol. The zero-order valence-corrected chi connectivity index (χ0v) is 10.7. The molecule has 1 aromatic heterocycles. The Kier molecular flexibility index (Phi) is 3.86. The summed E-state index contributed by atoms with van der Waals surface area (Å²) in [5, 5.41) is 0.